The fourth-order valence-electron chi connectivity index (χ4n) is 3.24. The Morgan fingerprint density at radius 1 is 0.968 bits per heavy atom. The molecule has 0 atom stereocenters. The first kappa shape index (κ1) is 22.2. The van der Waals surface area contributed by atoms with Gasteiger partial charge in [0, 0.05) is 38.3 Å². The molecule has 0 aliphatic carbocycles. The predicted molar refractivity (Wildman–Crippen MR) is 116 cm³/mol. The third kappa shape index (κ3) is 6.26. The fourth-order valence-corrected chi connectivity index (χ4v) is 3.24. The van der Waals surface area contributed by atoms with Crippen molar-refractivity contribution >= 4 is 11.8 Å². The van der Waals surface area contributed by atoms with Gasteiger partial charge in [-0.05, 0) is 35.9 Å². The number of halogens is 1. The van der Waals surface area contributed by atoms with E-state index in [1.165, 1.54) is 11.0 Å². The number of hydrogen-bond acceptors (Lipinski definition) is 4. The molecule has 0 saturated carbocycles. The number of hydrogen-bond donors (Lipinski definition) is 1. The van der Waals surface area contributed by atoms with Crippen LogP contribution in [0, 0.1) is 5.82 Å². The summed E-state index contributed by atoms with van der Waals surface area (Å²) in [5.74, 6) is 0.137. The van der Waals surface area contributed by atoms with Crippen molar-refractivity contribution < 1.29 is 18.4 Å². The molecule has 0 aliphatic rings. The van der Waals surface area contributed by atoms with Crippen LogP contribution in [0.25, 0.3) is 0 Å². The number of carbonyl (C=O) groups excluding carboxylic acids is 2. The van der Waals surface area contributed by atoms with E-state index in [9.17, 15) is 14.0 Å². The molecule has 0 fully saturated rings. The molecule has 0 spiro atoms. The van der Waals surface area contributed by atoms with Crippen LogP contribution in [0.2, 0.25) is 0 Å². The topological polar surface area (TPSA) is 65.8 Å². The van der Waals surface area contributed by atoms with E-state index in [1.807, 2.05) is 23.1 Å². The van der Waals surface area contributed by atoms with Gasteiger partial charge in [0.05, 0.1) is 19.4 Å². The van der Waals surface area contributed by atoms with Crippen molar-refractivity contribution in [3.8, 4) is 0 Å². The highest BCUT2D eigenvalue weighted by Crippen LogP contribution is 2.14. The number of nitrogens with one attached hydrogen (secondary N) is 1. The van der Waals surface area contributed by atoms with Gasteiger partial charge in [-0.25, -0.2) is 4.39 Å². The van der Waals surface area contributed by atoms with E-state index in [-0.39, 0.29) is 30.7 Å². The average Bonchev–Trinajstić information content (AvgIpc) is 3.28. The van der Waals surface area contributed by atoms with Crippen molar-refractivity contribution in [2.24, 2.45) is 0 Å². The largest absolute Gasteiger partial charge is 0.468 e. The molecule has 2 amide bonds. The van der Waals surface area contributed by atoms with Crippen molar-refractivity contribution in [3.05, 3.63) is 95.2 Å². The van der Waals surface area contributed by atoms with Gasteiger partial charge in [0.2, 0.25) is 5.91 Å². The summed E-state index contributed by atoms with van der Waals surface area (Å²) in [6.45, 7) is 1.28. The molecule has 0 saturated heterocycles. The zero-order valence-electron chi connectivity index (χ0n) is 17.7. The van der Waals surface area contributed by atoms with E-state index in [4.69, 9.17) is 4.42 Å². The molecule has 7 heteroatoms. The van der Waals surface area contributed by atoms with Gasteiger partial charge in [-0.15, -0.1) is 0 Å². The summed E-state index contributed by atoms with van der Waals surface area (Å²) in [5, 5.41) is 2.60. The van der Waals surface area contributed by atoms with Crippen LogP contribution < -0.4 is 5.32 Å². The molecular weight excluding hydrogens is 397 g/mol. The zero-order chi connectivity index (χ0) is 22.2. The minimum Gasteiger partial charge on any atom is -0.468 e. The highest BCUT2D eigenvalue weighted by molar-refractivity contribution is 5.93. The van der Waals surface area contributed by atoms with Crippen LogP contribution in [-0.2, 0) is 24.4 Å². The van der Waals surface area contributed by atoms with E-state index < -0.39 is 0 Å². The number of rotatable bonds is 9. The Hall–Kier alpha value is -3.45. The minimum absolute atomic E-state index is 0.128. The number of likely N-dealkylation sites (N-methyl/N-ethyl adjacent to an activating group) is 1. The van der Waals surface area contributed by atoms with Crippen LogP contribution in [0.3, 0.4) is 0 Å². The summed E-state index contributed by atoms with van der Waals surface area (Å²) in [6, 6.07) is 17.3. The summed E-state index contributed by atoms with van der Waals surface area (Å²) < 4.78 is 19.4. The van der Waals surface area contributed by atoms with Gasteiger partial charge < -0.3 is 14.6 Å². The quantitative estimate of drug-likeness (QED) is 0.573. The molecular formula is C24H26FN3O3. The zero-order valence-corrected chi connectivity index (χ0v) is 17.7. The second-order valence-electron chi connectivity index (χ2n) is 7.34. The Morgan fingerprint density at radius 2 is 1.71 bits per heavy atom. The van der Waals surface area contributed by atoms with Crippen molar-refractivity contribution in [2.75, 3.05) is 20.6 Å². The normalized spacial score (nSPS) is 10.8. The van der Waals surface area contributed by atoms with Crippen molar-refractivity contribution in [3.63, 3.8) is 0 Å². The van der Waals surface area contributed by atoms with Crippen LogP contribution in [0.15, 0.2) is 71.3 Å². The van der Waals surface area contributed by atoms with Crippen LogP contribution in [-0.4, -0.2) is 42.3 Å². The van der Waals surface area contributed by atoms with Gasteiger partial charge in [0.1, 0.15) is 11.6 Å². The van der Waals surface area contributed by atoms with Gasteiger partial charge in [-0.1, -0.05) is 30.3 Å². The van der Waals surface area contributed by atoms with E-state index in [2.05, 4.69) is 5.32 Å². The number of amides is 2. The van der Waals surface area contributed by atoms with Gasteiger partial charge in [-0.2, -0.15) is 0 Å². The SMILES string of the molecule is CNC(=O)c1ccc(CN(CC(=O)N(C)Cc2ccccc2F)Cc2ccco2)cc1. The summed E-state index contributed by atoms with van der Waals surface area (Å²) in [6.07, 6.45) is 1.60. The molecule has 3 rings (SSSR count). The Kier molecular flexibility index (Phi) is 7.56. The first-order chi connectivity index (χ1) is 15.0. The van der Waals surface area contributed by atoms with Gasteiger partial charge >= 0.3 is 0 Å². The molecule has 2 aromatic carbocycles. The molecule has 6 nitrogen and oxygen atoms in total. The number of furan rings is 1. The van der Waals surface area contributed by atoms with Crippen LogP contribution in [0.4, 0.5) is 4.39 Å². The molecule has 0 aliphatic heterocycles. The molecule has 0 unspecified atom stereocenters. The van der Waals surface area contributed by atoms with E-state index >= 15 is 0 Å². The van der Waals surface area contributed by atoms with Crippen molar-refractivity contribution in [2.45, 2.75) is 19.6 Å². The highest BCUT2D eigenvalue weighted by Gasteiger charge is 2.18. The molecule has 162 valence electrons. The lowest BCUT2D eigenvalue weighted by molar-refractivity contribution is -0.132. The smallest absolute Gasteiger partial charge is 0.251 e. The lowest BCUT2D eigenvalue weighted by Gasteiger charge is -2.25. The third-order valence-electron chi connectivity index (χ3n) is 4.96. The van der Waals surface area contributed by atoms with E-state index in [0.717, 1.165) is 11.3 Å². The number of carbonyl (C=O) groups is 2. The molecule has 1 N–H and O–H groups in total. The average molecular weight is 423 g/mol. The van der Waals surface area contributed by atoms with Crippen molar-refractivity contribution in [1.82, 2.24) is 15.1 Å². The Balaban J connectivity index is 1.68. The summed E-state index contributed by atoms with van der Waals surface area (Å²) >= 11 is 0. The lowest BCUT2D eigenvalue weighted by atomic mass is 10.1. The molecule has 1 heterocycles. The molecule has 0 radical (unpaired) electrons. The Morgan fingerprint density at radius 3 is 2.35 bits per heavy atom. The second-order valence-corrected chi connectivity index (χ2v) is 7.34. The number of benzene rings is 2. The summed E-state index contributed by atoms with van der Waals surface area (Å²) in [5.41, 5.74) is 2.01. The minimum atomic E-state index is -0.328. The van der Waals surface area contributed by atoms with E-state index in [0.29, 0.717) is 24.2 Å². The number of nitrogens with zero attached hydrogens (tertiary/aromatic N) is 2. The van der Waals surface area contributed by atoms with E-state index in [1.54, 1.807) is 56.8 Å². The monoisotopic (exact) mass is 423 g/mol. The standard InChI is InChI=1S/C24H26FN3O3/c1-26-24(30)19-11-9-18(10-12-19)14-28(16-21-7-5-13-31-21)17-23(29)27(2)15-20-6-3-4-8-22(20)25/h3-13H,14-17H2,1-2H3,(H,26,30). The highest BCUT2D eigenvalue weighted by atomic mass is 19.1. The second kappa shape index (κ2) is 10.5. The van der Waals surface area contributed by atoms with Crippen LogP contribution in [0.1, 0.15) is 27.2 Å². The maximum absolute atomic E-state index is 13.9. The van der Waals surface area contributed by atoms with Gasteiger partial charge in [-0.3, -0.25) is 14.5 Å². The van der Waals surface area contributed by atoms with Gasteiger partial charge in [0.15, 0.2) is 0 Å². The lowest BCUT2D eigenvalue weighted by Crippen LogP contribution is -2.37. The first-order valence-electron chi connectivity index (χ1n) is 9.99. The third-order valence-corrected chi connectivity index (χ3v) is 4.96. The summed E-state index contributed by atoms with van der Waals surface area (Å²) in [7, 11) is 3.25. The maximum atomic E-state index is 13.9. The molecule has 31 heavy (non-hydrogen) atoms. The molecule has 0 bridgehead atoms. The fraction of sp³-hybridized carbons (Fsp3) is 0.250. The molecule has 3 aromatic rings. The van der Waals surface area contributed by atoms with Gasteiger partial charge in [0.25, 0.3) is 5.91 Å². The molecule has 1 aromatic heterocycles. The Labute approximate surface area is 181 Å². The predicted octanol–water partition coefficient (Wildman–Crippen LogP) is 3.44. The first-order valence-corrected chi connectivity index (χ1v) is 9.99. The van der Waals surface area contributed by atoms with Crippen molar-refractivity contribution in [1.29, 1.82) is 0 Å². The maximum Gasteiger partial charge on any atom is 0.251 e. The summed E-state index contributed by atoms with van der Waals surface area (Å²) in [4.78, 5) is 28.1. The Bertz CT molecular complexity index is 1000. The van der Waals surface area contributed by atoms with Crippen LogP contribution in [0.5, 0.6) is 0 Å². The van der Waals surface area contributed by atoms with Crippen LogP contribution >= 0.6 is 0 Å².